The van der Waals surface area contributed by atoms with Gasteiger partial charge < -0.3 is 10.6 Å². The summed E-state index contributed by atoms with van der Waals surface area (Å²) in [5.41, 5.74) is 9.29. The number of aryl methyl sites for hydroxylation is 1. The van der Waals surface area contributed by atoms with Gasteiger partial charge in [-0.3, -0.25) is 4.68 Å². The van der Waals surface area contributed by atoms with Gasteiger partial charge in [0.15, 0.2) is 0 Å². The molecule has 2 aromatic rings. The van der Waals surface area contributed by atoms with E-state index in [1.165, 1.54) is 11.3 Å². The molecule has 0 fully saturated rings. The van der Waals surface area contributed by atoms with Crippen LogP contribution in [0.15, 0.2) is 36.5 Å². The minimum atomic E-state index is 0.398. The second-order valence-corrected chi connectivity index (χ2v) is 5.78. The Morgan fingerprint density at radius 3 is 2.71 bits per heavy atom. The van der Waals surface area contributed by atoms with Gasteiger partial charge in [-0.1, -0.05) is 12.1 Å². The summed E-state index contributed by atoms with van der Waals surface area (Å²) in [6.07, 6.45) is 3.04. The molecule has 0 saturated heterocycles. The molecule has 0 saturated carbocycles. The molecule has 4 nitrogen and oxygen atoms in total. The van der Waals surface area contributed by atoms with Gasteiger partial charge in [0.1, 0.15) is 0 Å². The zero-order valence-electron chi connectivity index (χ0n) is 13.3. The van der Waals surface area contributed by atoms with Gasteiger partial charge in [0.25, 0.3) is 0 Å². The van der Waals surface area contributed by atoms with Crippen molar-refractivity contribution in [3.8, 4) is 0 Å². The zero-order valence-corrected chi connectivity index (χ0v) is 13.3. The summed E-state index contributed by atoms with van der Waals surface area (Å²) in [5, 5.41) is 4.65. The van der Waals surface area contributed by atoms with Crippen molar-refractivity contribution in [3.05, 3.63) is 47.8 Å². The van der Waals surface area contributed by atoms with Crippen LogP contribution in [0.25, 0.3) is 0 Å². The van der Waals surface area contributed by atoms with Crippen LogP contribution in [0.2, 0.25) is 0 Å². The van der Waals surface area contributed by atoms with Crippen molar-refractivity contribution in [2.75, 3.05) is 18.0 Å². The van der Waals surface area contributed by atoms with Crippen molar-refractivity contribution in [1.82, 2.24) is 9.78 Å². The topological polar surface area (TPSA) is 47.1 Å². The normalized spacial score (nSPS) is 11.1. The van der Waals surface area contributed by atoms with Crippen molar-refractivity contribution in [2.45, 2.75) is 39.8 Å². The van der Waals surface area contributed by atoms with E-state index in [-0.39, 0.29) is 0 Å². The maximum absolute atomic E-state index is 5.68. The van der Waals surface area contributed by atoms with Crippen LogP contribution in [0.3, 0.4) is 0 Å². The third kappa shape index (κ3) is 4.33. The van der Waals surface area contributed by atoms with Gasteiger partial charge in [0.2, 0.25) is 0 Å². The van der Waals surface area contributed by atoms with Crippen LogP contribution in [-0.2, 0) is 6.54 Å². The molecule has 0 aliphatic rings. The van der Waals surface area contributed by atoms with E-state index in [9.17, 15) is 0 Å². The van der Waals surface area contributed by atoms with E-state index < -0.39 is 0 Å². The van der Waals surface area contributed by atoms with Gasteiger partial charge in [-0.25, -0.2) is 0 Å². The Balaban J connectivity index is 2.15. The number of rotatable bonds is 7. The molecule has 0 aliphatic heterocycles. The third-order valence-corrected chi connectivity index (χ3v) is 3.54. The highest BCUT2D eigenvalue weighted by atomic mass is 15.3. The van der Waals surface area contributed by atoms with Gasteiger partial charge in [0.05, 0.1) is 12.2 Å². The first-order chi connectivity index (χ1) is 10.1. The van der Waals surface area contributed by atoms with Gasteiger partial charge in [-0.15, -0.1) is 0 Å². The molecular weight excluding hydrogens is 260 g/mol. The van der Waals surface area contributed by atoms with E-state index in [0.29, 0.717) is 12.6 Å². The Hall–Kier alpha value is -1.81. The molecule has 21 heavy (non-hydrogen) atoms. The Morgan fingerprint density at radius 2 is 2.10 bits per heavy atom. The summed E-state index contributed by atoms with van der Waals surface area (Å²) >= 11 is 0. The molecule has 0 unspecified atom stereocenters. The lowest BCUT2D eigenvalue weighted by molar-refractivity contribution is 0.525. The minimum absolute atomic E-state index is 0.398. The van der Waals surface area contributed by atoms with E-state index in [0.717, 1.165) is 25.2 Å². The summed E-state index contributed by atoms with van der Waals surface area (Å²) in [6, 6.07) is 11.1. The lowest BCUT2D eigenvalue weighted by Gasteiger charge is -2.24. The molecule has 0 amide bonds. The third-order valence-electron chi connectivity index (χ3n) is 3.54. The number of aromatic nitrogens is 2. The van der Waals surface area contributed by atoms with Crippen LogP contribution in [-0.4, -0.2) is 22.9 Å². The summed E-state index contributed by atoms with van der Waals surface area (Å²) in [5.74, 6) is 0. The molecule has 0 atom stereocenters. The predicted octanol–water partition coefficient (Wildman–Crippen LogP) is 3.13. The summed E-state index contributed by atoms with van der Waals surface area (Å²) in [6.45, 7) is 8.89. The van der Waals surface area contributed by atoms with Crippen LogP contribution >= 0.6 is 0 Å². The summed E-state index contributed by atoms with van der Waals surface area (Å²) in [4.78, 5) is 2.35. The Morgan fingerprint density at radius 1 is 1.29 bits per heavy atom. The van der Waals surface area contributed by atoms with Gasteiger partial charge in [-0.2, -0.15) is 5.10 Å². The highest BCUT2D eigenvalue weighted by molar-refractivity contribution is 5.48. The Kier molecular flexibility index (Phi) is 5.39. The SMILES string of the molecule is Cc1cccc(N(CCCN)Cc2ccn(C(C)C)n2)c1. The van der Waals surface area contributed by atoms with Crippen molar-refractivity contribution < 1.29 is 0 Å². The smallest absolute Gasteiger partial charge is 0.0817 e. The number of anilines is 1. The second kappa shape index (κ2) is 7.27. The lowest BCUT2D eigenvalue weighted by Crippen LogP contribution is -2.26. The van der Waals surface area contributed by atoms with Crippen LogP contribution in [0, 0.1) is 6.92 Å². The molecule has 2 N–H and O–H groups in total. The Labute approximate surface area is 127 Å². The highest BCUT2D eigenvalue weighted by Crippen LogP contribution is 2.19. The number of hydrogen-bond acceptors (Lipinski definition) is 3. The van der Waals surface area contributed by atoms with Crippen LogP contribution in [0.5, 0.6) is 0 Å². The molecule has 2 rings (SSSR count). The van der Waals surface area contributed by atoms with Gasteiger partial charge in [0, 0.05) is 24.5 Å². The molecule has 1 aromatic heterocycles. The molecular formula is C17H26N4. The molecule has 4 heteroatoms. The molecule has 114 valence electrons. The summed E-state index contributed by atoms with van der Waals surface area (Å²) < 4.78 is 2.01. The lowest BCUT2D eigenvalue weighted by atomic mass is 10.2. The standard InChI is InChI=1S/C17H26N4/c1-14(2)21-11-8-16(19-21)13-20(10-5-9-18)17-7-4-6-15(3)12-17/h4,6-8,11-12,14H,5,9-10,13,18H2,1-3H3. The fourth-order valence-electron chi connectivity index (χ4n) is 2.35. The first kappa shape index (κ1) is 15.6. The fourth-order valence-corrected chi connectivity index (χ4v) is 2.35. The molecule has 1 heterocycles. The second-order valence-electron chi connectivity index (χ2n) is 5.78. The maximum atomic E-state index is 5.68. The van der Waals surface area contributed by atoms with Crippen LogP contribution in [0.1, 0.15) is 37.6 Å². The molecule has 0 aliphatic carbocycles. The molecule has 0 bridgehead atoms. The van der Waals surface area contributed by atoms with Crippen molar-refractivity contribution in [2.24, 2.45) is 5.73 Å². The first-order valence-corrected chi connectivity index (χ1v) is 7.66. The van der Waals surface area contributed by atoms with Crippen molar-refractivity contribution >= 4 is 5.69 Å². The van der Waals surface area contributed by atoms with E-state index in [1.807, 2.05) is 4.68 Å². The molecule has 0 spiro atoms. The highest BCUT2D eigenvalue weighted by Gasteiger charge is 2.10. The van der Waals surface area contributed by atoms with E-state index in [4.69, 9.17) is 5.73 Å². The quantitative estimate of drug-likeness (QED) is 0.850. The molecule has 1 aromatic carbocycles. The average Bonchev–Trinajstić information content (AvgIpc) is 2.92. The van der Waals surface area contributed by atoms with E-state index in [2.05, 4.69) is 67.3 Å². The fraction of sp³-hybridized carbons (Fsp3) is 0.471. The van der Waals surface area contributed by atoms with Gasteiger partial charge in [-0.05, 0) is 57.5 Å². The van der Waals surface area contributed by atoms with Crippen molar-refractivity contribution in [1.29, 1.82) is 0 Å². The Bertz CT molecular complexity index is 559. The largest absolute Gasteiger partial charge is 0.366 e. The number of nitrogens with two attached hydrogens (primary N) is 1. The monoisotopic (exact) mass is 286 g/mol. The average molecular weight is 286 g/mol. The van der Waals surface area contributed by atoms with Crippen molar-refractivity contribution in [3.63, 3.8) is 0 Å². The number of benzene rings is 1. The maximum Gasteiger partial charge on any atom is 0.0817 e. The predicted molar refractivity (Wildman–Crippen MR) is 88.5 cm³/mol. The molecule has 0 radical (unpaired) electrons. The van der Waals surface area contributed by atoms with Gasteiger partial charge >= 0.3 is 0 Å². The number of hydrogen-bond donors (Lipinski definition) is 1. The van der Waals surface area contributed by atoms with Crippen LogP contribution in [0.4, 0.5) is 5.69 Å². The first-order valence-electron chi connectivity index (χ1n) is 7.66. The van der Waals surface area contributed by atoms with E-state index in [1.54, 1.807) is 0 Å². The zero-order chi connectivity index (χ0) is 15.2. The number of nitrogens with zero attached hydrogens (tertiary/aromatic N) is 3. The van der Waals surface area contributed by atoms with E-state index >= 15 is 0 Å². The minimum Gasteiger partial charge on any atom is -0.366 e. The van der Waals surface area contributed by atoms with Crippen LogP contribution < -0.4 is 10.6 Å². The summed E-state index contributed by atoms with van der Waals surface area (Å²) in [7, 11) is 0.